The Bertz CT molecular complexity index is 490. The molecule has 0 saturated carbocycles. The van der Waals surface area contributed by atoms with E-state index in [1.54, 1.807) is 17.9 Å². The SMILES string of the molecule is CCCCC(=O)NC1CCN(C(=O)c2cc(C)on2)CC1. The third-order valence-corrected chi connectivity index (χ3v) is 3.75. The zero-order chi connectivity index (χ0) is 15.2. The number of rotatable bonds is 5. The quantitative estimate of drug-likeness (QED) is 0.899. The largest absolute Gasteiger partial charge is 0.361 e. The molecule has 0 unspecified atom stereocenters. The second-order valence-electron chi connectivity index (χ2n) is 5.56. The number of nitrogens with one attached hydrogen (secondary N) is 1. The van der Waals surface area contributed by atoms with Gasteiger partial charge in [-0.3, -0.25) is 9.59 Å². The van der Waals surface area contributed by atoms with Crippen LogP contribution in [0.25, 0.3) is 0 Å². The summed E-state index contributed by atoms with van der Waals surface area (Å²) in [7, 11) is 0. The predicted octanol–water partition coefficient (Wildman–Crippen LogP) is 1.89. The van der Waals surface area contributed by atoms with Gasteiger partial charge in [0.1, 0.15) is 5.76 Å². The second-order valence-corrected chi connectivity index (χ2v) is 5.56. The summed E-state index contributed by atoms with van der Waals surface area (Å²) in [5, 5.41) is 6.80. The molecule has 1 aliphatic rings. The molecule has 1 aromatic heterocycles. The molecule has 0 atom stereocenters. The van der Waals surface area contributed by atoms with Crippen molar-refractivity contribution in [3.05, 3.63) is 17.5 Å². The number of unbranched alkanes of at least 4 members (excludes halogenated alkanes) is 1. The average molecular weight is 293 g/mol. The fraction of sp³-hybridized carbons (Fsp3) is 0.667. The molecule has 6 nitrogen and oxygen atoms in total. The van der Waals surface area contributed by atoms with Crippen LogP contribution in [0.1, 0.15) is 55.3 Å². The number of hydrogen-bond acceptors (Lipinski definition) is 4. The fourth-order valence-corrected chi connectivity index (χ4v) is 2.49. The summed E-state index contributed by atoms with van der Waals surface area (Å²) >= 11 is 0. The summed E-state index contributed by atoms with van der Waals surface area (Å²) < 4.78 is 4.93. The summed E-state index contributed by atoms with van der Waals surface area (Å²) in [6.45, 7) is 5.12. The number of piperidine rings is 1. The molecule has 1 N–H and O–H groups in total. The lowest BCUT2D eigenvalue weighted by Crippen LogP contribution is -2.46. The van der Waals surface area contributed by atoms with Crippen molar-refractivity contribution >= 4 is 11.8 Å². The van der Waals surface area contributed by atoms with Crippen LogP contribution in [0.2, 0.25) is 0 Å². The van der Waals surface area contributed by atoms with Gasteiger partial charge >= 0.3 is 0 Å². The molecule has 1 aromatic rings. The van der Waals surface area contributed by atoms with Gasteiger partial charge in [0.2, 0.25) is 5.91 Å². The first kappa shape index (κ1) is 15.5. The van der Waals surface area contributed by atoms with Gasteiger partial charge in [-0.15, -0.1) is 0 Å². The van der Waals surface area contributed by atoms with E-state index < -0.39 is 0 Å². The molecule has 6 heteroatoms. The second kappa shape index (κ2) is 7.24. The number of aromatic nitrogens is 1. The summed E-state index contributed by atoms with van der Waals surface area (Å²) in [4.78, 5) is 25.7. The van der Waals surface area contributed by atoms with Gasteiger partial charge in [0, 0.05) is 31.6 Å². The molecule has 2 amide bonds. The Labute approximate surface area is 124 Å². The molecular formula is C15H23N3O3. The Balaban J connectivity index is 1.78. The molecule has 2 heterocycles. The van der Waals surface area contributed by atoms with Crippen molar-refractivity contribution in [1.29, 1.82) is 0 Å². The van der Waals surface area contributed by atoms with Crippen LogP contribution in [0, 0.1) is 6.92 Å². The van der Waals surface area contributed by atoms with Crippen LogP contribution in [0.5, 0.6) is 0 Å². The van der Waals surface area contributed by atoms with E-state index in [0.29, 0.717) is 31.0 Å². The molecular weight excluding hydrogens is 270 g/mol. The third kappa shape index (κ3) is 4.31. The topological polar surface area (TPSA) is 75.4 Å². The van der Waals surface area contributed by atoms with Gasteiger partial charge in [0.25, 0.3) is 5.91 Å². The summed E-state index contributed by atoms with van der Waals surface area (Å²) in [5.41, 5.74) is 0.359. The van der Waals surface area contributed by atoms with Gasteiger partial charge in [0.15, 0.2) is 5.69 Å². The average Bonchev–Trinajstić information content (AvgIpc) is 2.92. The predicted molar refractivity (Wildman–Crippen MR) is 77.8 cm³/mol. The van der Waals surface area contributed by atoms with E-state index in [-0.39, 0.29) is 17.9 Å². The lowest BCUT2D eigenvalue weighted by atomic mass is 10.0. The van der Waals surface area contributed by atoms with Crippen molar-refractivity contribution in [1.82, 2.24) is 15.4 Å². The normalized spacial score (nSPS) is 16.0. The molecule has 1 fully saturated rings. The van der Waals surface area contributed by atoms with Crippen LogP contribution in [-0.4, -0.2) is 41.0 Å². The molecule has 0 spiro atoms. The molecule has 0 aliphatic carbocycles. The van der Waals surface area contributed by atoms with E-state index in [1.165, 1.54) is 0 Å². The minimum Gasteiger partial charge on any atom is -0.361 e. The lowest BCUT2D eigenvalue weighted by Gasteiger charge is -2.31. The van der Waals surface area contributed by atoms with Crippen molar-refractivity contribution in [2.24, 2.45) is 0 Å². The van der Waals surface area contributed by atoms with Crippen molar-refractivity contribution in [2.75, 3.05) is 13.1 Å². The fourth-order valence-electron chi connectivity index (χ4n) is 2.49. The minimum atomic E-state index is -0.0948. The highest BCUT2D eigenvalue weighted by molar-refractivity contribution is 5.92. The molecule has 1 saturated heterocycles. The van der Waals surface area contributed by atoms with Crippen LogP contribution in [0.4, 0.5) is 0 Å². The van der Waals surface area contributed by atoms with Crippen LogP contribution < -0.4 is 5.32 Å². The lowest BCUT2D eigenvalue weighted by molar-refractivity contribution is -0.122. The smallest absolute Gasteiger partial charge is 0.276 e. The number of hydrogen-bond donors (Lipinski definition) is 1. The van der Waals surface area contributed by atoms with Crippen LogP contribution in [0.15, 0.2) is 10.6 Å². The Kier molecular flexibility index (Phi) is 5.36. The van der Waals surface area contributed by atoms with Gasteiger partial charge < -0.3 is 14.7 Å². The summed E-state index contributed by atoms with van der Waals surface area (Å²) in [6.07, 6.45) is 4.13. The minimum absolute atomic E-state index is 0.0948. The monoisotopic (exact) mass is 293 g/mol. The number of amides is 2. The van der Waals surface area contributed by atoms with Gasteiger partial charge in [0.05, 0.1) is 0 Å². The molecule has 1 aliphatic heterocycles. The third-order valence-electron chi connectivity index (χ3n) is 3.75. The van der Waals surface area contributed by atoms with Gasteiger partial charge in [-0.2, -0.15) is 0 Å². The first-order valence-corrected chi connectivity index (χ1v) is 7.62. The van der Waals surface area contributed by atoms with Crippen molar-refractivity contribution in [3.63, 3.8) is 0 Å². The van der Waals surface area contributed by atoms with E-state index in [4.69, 9.17) is 4.52 Å². The van der Waals surface area contributed by atoms with E-state index in [9.17, 15) is 9.59 Å². The zero-order valence-electron chi connectivity index (χ0n) is 12.7. The van der Waals surface area contributed by atoms with E-state index in [0.717, 1.165) is 25.7 Å². The first-order chi connectivity index (χ1) is 10.1. The maximum Gasteiger partial charge on any atom is 0.276 e. The molecule has 0 bridgehead atoms. The maximum atomic E-state index is 12.2. The van der Waals surface area contributed by atoms with E-state index in [2.05, 4.69) is 17.4 Å². The highest BCUT2D eigenvalue weighted by Crippen LogP contribution is 2.14. The molecule has 2 rings (SSSR count). The number of aryl methyl sites for hydroxylation is 1. The van der Waals surface area contributed by atoms with Gasteiger partial charge in [-0.25, -0.2) is 0 Å². The van der Waals surface area contributed by atoms with E-state index >= 15 is 0 Å². The Hall–Kier alpha value is -1.85. The van der Waals surface area contributed by atoms with Crippen molar-refractivity contribution < 1.29 is 14.1 Å². The molecule has 0 radical (unpaired) electrons. The summed E-state index contributed by atoms with van der Waals surface area (Å²) in [6, 6.07) is 1.83. The molecule has 0 aromatic carbocycles. The maximum absolute atomic E-state index is 12.2. The van der Waals surface area contributed by atoms with Crippen LogP contribution in [-0.2, 0) is 4.79 Å². The summed E-state index contributed by atoms with van der Waals surface area (Å²) in [5.74, 6) is 0.660. The standard InChI is InChI=1S/C15H23N3O3/c1-3-4-5-14(19)16-12-6-8-18(9-7-12)15(20)13-10-11(2)21-17-13/h10,12H,3-9H2,1-2H3,(H,16,19). The Morgan fingerprint density at radius 2 is 2.14 bits per heavy atom. The highest BCUT2D eigenvalue weighted by Gasteiger charge is 2.26. The number of carbonyl (C=O) groups is 2. The Morgan fingerprint density at radius 1 is 1.43 bits per heavy atom. The Morgan fingerprint density at radius 3 is 2.71 bits per heavy atom. The number of carbonyl (C=O) groups excluding carboxylic acids is 2. The van der Waals surface area contributed by atoms with Crippen LogP contribution >= 0.6 is 0 Å². The van der Waals surface area contributed by atoms with Gasteiger partial charge in [-0.1, -0.05) is 18.5 Å². The van der Waals surface area contributed by atoms with Crippen molar-refractivity contribution in [3.8, 4) is 0 Å². The highest BCUT2D eigenvalue weighted by atomic mass is 16.5. The number of nitrogens with zero attached hydrogens (tertiary/aromatic N) is 2. The van der Waals surface area contributed by atoms with Crippen LogP contribution in [0.3, 0.4) is 0 Å². The molecule has 21 heavy (non-hydrogen) atoms. The number of likely N-dealkylation sites (tertiary alicyclic amines) is 1. The first-order valence-electron chi connectivity index (χ1n) is 7.62. The molecule has 116 valence electrons. The van der Waals surface area contributed by atoms with Crippen molar-refractivity contribution in [2.45, 2.75) is 52.0 Å². The van der Waals surface area contributed by atoms with Gasteiger partial charge in [-0.05, 0) is 26.2 Å². The van der Waals surface area contributed by atoms with E-state index in [1.807, 2.05) is 0 Å². The zero-order valence-corrected chi connectivity index (χ0v) is 12.7.